The number of carbonyl (C=O) groups is 5. The number of esters is 1. The van der Waals surface area contributed by atoms with Gasteiger partial charge in [-0.05, 0) is 55.8 Å². The molecule has 2 heterocycles. The molecular weight excluding hydrogens is 424 g/mol. The van der Waals surface area contributed by atoms with E-state index in [1.807, 2.05) is 12.2 Å². The van der Waals surface area contributed by atoms with Gasteiger partial charge in [-0.25, -0.2) is 4.79 Å². The highest BCUT2D eigenvalue weighted by atomic mass is 16.5. The molecule has 33 heavy (non-hydrogen) atoms. The first-order chi connectivity index (χ1) is 15.9. The summed E-state index contributed by atoms with van der Waals surface area (Å²) >= 11 is 0. The summed E-state index contributed by atoms with van der Waals surface area (Å²) in [6.45, 7) is 0.305. The van der Waals surface area contributed by atoms with E-state index in [4.69, 9.17) is 4.74 Å². The highest BCUT2D eigenvalue weighted by molar-refractivity contribution is 6.09. The Kier molecular flexibility index (Phi) is 4.65. The molecule has 4 amide bonds. The number of imide groups is 2. The molecule has 0 aromatic carbocycles. The summed E-state index contributed by atoms with van der Waals surface area (Å²) in [5, 5.41) is 0. The number of allylic oxidation sites excluding steroid dienone is 4. The molecule has 0 N–H and O–H groups in total. The lowest BCUT2D eigenvalue weighted by Crippen LogP contribution is -2.47. The number of amides is 4. The lowest BCUT2D eigenvalue weighted by atomic mass is 9.85. The Bertz CT molecular complexity index is 956. The summed E-state index contributed by atoms with van der Waals surface area (Å²) in [5.74, 6) is -1.89. The Labute approximate surface area is 192 Å². The molecule has 4 fully saturated rings. The van der Waals surface area contributed by atoms with Gasteiger partial charge in [-0.3, -0.25) is 29.0 Å². The molecule has 8 nitrogen and oxygen atoms in total. The number of nitrogens with zero attached hydrogens (tertiary/aromatic N) is 2. The van der Waals surface area contributed by atoms with Crippen molar-refractivity contribution in [2.45, 2.75) is 38.1 Å². The third kappa shape index (κ3) is 2.78. The van der Waals surface area contributed by atoms with Gasteiger partial charge >= 0.3 is 5.97 Å². The molecule has 9 atom stereocenters. The van der Waals surface area contributed by atoms with Crippen molar-refractivity contribution in [3.63, 3.8) is 0 Å². The summed E-state index contributed by atoms with van der Waals surface area (Å²) < 4.78 is 4.93. The van der Waals surface area contributed by atoms with Crippen LogP contribution in [-0.4, -0.2) is 59.1 Å². The normalized spacial score (nSPS) is 40.4. The highest BCUT2D eigenvalue weighted by Crippen LogP contribution is 2.54. The van der Waals surface area contributed by atoms with E-state index in [-0.39, 0.29) is 77.4 Å². The predicted octanol–water partition coefficient (Wildman–Crippen LogP) is 1.31. The van der Waals surface area contributed by atoms with E-state index >= 15 is 0 Å². The van der Waals surface area contributed by atoms with Crippen LogP contribution in [0.1, 0.15) is 32.1 Å². The zero-order chi connectivity index (χ0) is 23.0. The number of carbonyl (C=O) groups excluding carboxylic acids is 5. The number of hydrogen-bond acceptors (Lipinski definition) is 6. The minimum atomic E-state index is -0.954. The van der Waals surface area contributed by atoms with Crippen LogP contribution in [0.25, 0.3) is 0 Å². The van der Waals surface area contributed by atoms with E-state index in [0.717, 1.165) is 17.7 Å². The first kappa shape index (κ1) is 20.8. The van der Waals surface area contributed by atoms with Crippen LogP contribution in [0, 0.1) is 47.3 Å². The lowest BCUT2D eigenvalue weighted by molar-refractivity contribution is -0.157. The van der Waals surface area contributed by atoms with Crippen LogP contribution >= 0.6 is 0 Å². The lowest BCUT2D eigenvalue weighted by Gasteiger charge is -2.26. The number of hydrogen-bond donors (Lipinski definition) is 0. The topological polar surface area (TPSA) is 101 Å². The van der Waals surface area contributed by atoms with Crippen molar-refractivity contribution in [2.75, 3.05) is 13.7 Å². The van der Waals surface area contributed by atoms with E-state index in [9.17, 15) is 24.0 Å². The molecule has 4 aliphatic carbocycles. The Morgan fingerprint density at radius 1 is 0.818 bits per heavy atom. The van der Waals surface area contributed by atoms with Gasteiger partial charge in [-0.15, -0.1) is 0 Å². The molecule has 174 valence electrons. The van der Waals surface area contributed by atoms with E-state index in [0.29, 0.717) is 19.4 Å². The van der Waals surface area contributed by atoms with Crippen molar-refractivity contribution >= 4 is 29.6 Å². The quantitative estimate of drug-likeness (QED) is 0.250. The summed E-state index contributed by atoms with van der Waals surface area (Å²) in [6.07, 6.45) is 11.2. The monoisotopic (exact) mass is 452 g/mol. The minimum Gasteiger partial charge on any atom is -0.467 e. The van der Waals surface area contributed by atoms with Crippen LogP contribution in [0.3, 0.4) is 0 Å². The van der Waals surface area contributed by atoms with E-state index in [1.54, 1.807) is 0 Å². The smallest absolute Gasteiger partial charge is 0.329 e. The molecule has 2 saturated carbocycles. The third-order valence-corrected chi connectivity index (χ3v) is 8.96. The number of fused-ring (bicyclic) bond motifs is 10. The van der Waals surface area contributed by atoms with E-state index < -0.39 is 12.0 Å². The predicted molar refractivity (Wildman–Crippen MR) is 114 cm³/mol. The number of methoxy groups -OCH3 is 1. The first-order valence-electron chi connectivity index (χ1n) is 12.1. The van der Waals surface area contributed by atoms with E-state index in [2.05, 4.69) is 12.2 Å². The van der Waals surface area contributed by atoms with Crippen molar-refractivity contribution in [1.29, 1.82) is 0 Å². The molecule has 6 aliphatic rings. The fourth-order valence-electron chi connectivity index (χ4n) is 7.51. The molecule has 0 spiro atoms. The molecular formula is C25H28N2O6. The second-order valence-electron chi connectivity index (χ2n) is 10.4. The zero-order valence-corrected chi connectivity index (χ0v) is 18.6. The Hall–Kier alpha value is -2.77. The second kappa shape index (κ2) is 7.37. The maximum atomic E-state index is 13.1. The molecule has 0 aromatic heterocycles. The first-order valence-corrected chi connectivity index (χ1v) is 12.1. The van der Waals surface area contributed by atoms with Gasteiger partial charge in [0.2, 0.25) is 23.6 Å². The van der Waals surface area contributed by atoms with Crippen molar-refractivity contribution in [3.05, 3.63) is 24.3 Å². The minimum absolute atomic E-state index is 0.0768. The second-order valence-corrected chi connectivity index (χ2v) is 10.4. The van der Waals surface area contributed by atoms with Gasteiger partial charge in [0.15, 0.2) is 0 Å². The van der Waals surface area contributed by atoms with Gasteiger partial charge in [0.1, 0.15) is 6.04 Å². The van der Waals surface area contributed by atoms with Crippen molar-refractivity contribution < 1.29 is 28.7 Å². The number of likely N-dealkylation sites (tertiary alicyclic amines) is 2. The van der Waals surface area contributed by atoms with Gasteiger partial charge in [-0.1, -0.05) is 24.3 Å². The van der Waals surface area contributed by atoms with Gasteiger partial charge < -0.3 is 4.74 Å². The Morgan fingerprint density at radius 2 is 1.27 bits per heavy atom. The van der Waals surface area contributed by atoms with Gasteiger partial charge in [0.05, 0.1) is 30.8 Å². The van der Waals surface area contributed by atoms with Crippen LogP contribution in [0.15, 0.2) is 24.3 Å². The van der Waals surface area contributed by atoms with Crippen molar-refractivity contribution in [1.82, 2.24) is 9.80 Å². The number of unbranched alkanes of at least 4 members (excludes halogenated alkanes) is 1. The molecule has 8 heteroatoms. The van der Waals surface area contributed by atoms with Gasteiger partial charge in [0.25, 0.3) is 0 Å². The summed E-state index contributed by atoms with van der Waals surface area (Å²) in [5.41, 5.74) is 0. The largest absolute Gasteiger partial charge is 0.467 e. The fraction of sp³-hybridized carbons (Fsp3) is 0.640. The number of rotatable bonds is 7. The van der Waals surface area contributed by atoms with Crippen LogP contribution < -0.4 is 0 Å². The molecule has 0 radical (unpaired) electrons. The summed E-state index contributed by atoms with van der Waals surface area (Å²) in [4.78, 5) is 67.0. The average molecular weight is 453 g/mol. The molecule has 6 rings (SSSR count). The number of ether oxygens (including phenoxy) is 1. The standard InChI is InChI=1S/C25H28N2O6/c1-33-25(32)16(27-23(30)19-14-7-8-15(11-14)20(19)24(27)31)4-2-3-9-26-21(28)17-12-5-6-13(10-12)18(17)22(26)29/h5-8,12-20H,2-4,9-11H2,1H3/t12-,13-,14-,15-,16-,17-,18+,19-,20-/m0/s1. The Morgan fingerprint density at radius 3 is 1.73 bits per heavy atom. The summed E-state index contributed by atoms with van der Waals surface area (Å²) in [6, 6.07) is -0.954. The van der Waals surface area contributed by atoms with Gasteiger partial charge in [0, 0.05) is 6.54 Å². The molecule has 2 aliphatic heterocycles. The zero-order valence-electron chi connectivity index (χ0n) is 18.6. The van der Waals surface area contributed by atoms with Crippen LogP contribution in [0.2, 0.25) is 0 Å². The van der Waals surface area contributed by atoms with Crippen LogP contribution in [0.5, 0.6) is 0 Å². The van der Waals surface area contributed by atoms with Crippen molar-refractivity contribution in [2.24, 2.45) is 47.3 Å². The van der Waals surface area contributed by atoms with E-state index in [1.165, 1.54) is 12.0 Å². The maximum absolute atomic E-state index is 13.1. The average Bonchev–Trinajstić information content (AvgIpc) is 3.64. The summed E-state index contributed by atoms with van der Waals surface area (Å²) in [7, 11) is 1.26. The van der Waals surface area contributed by atoms with Crippen LogP contribution in [0.4, 0.5) is 0 Å². The SMILES string of the molecule is COC(=O)[C@H](CCCCN1C(=O)[C@@H]2[C@H](C1=O)[C@H]1C=C[C@H]2C1)N1C(=O)[C@@H]2[C@@H](C1=O)[C@H]1C=C[C@H]2C1. The molecule has 0 unspecified atom stereocenters. The third-order valence-electron chi connectivity index (χ3n) is 8.96. The van der Waals surface area contributed by atoms with Gasteiger partial charge in [-0.2, -0.15) is 0 Å². The Balaban J connectivity index is 1.09. The van der Waals surface area contributed by atoms with Crippen molar-refractivity contribution in [3.8, 4) is 0 Å². The molecule has 0 aromatic rings. The maximum Gasteiger partial charge on any atom is 0.329 e. The van der Waals surface area contributed by atoms with Crippen LogP contribution in [-0.2, 0) is 28.7 Å². The fourth-order valence-corrected chi connectivity index (χ4v) is 7.51. The highest BCUT2D eigenvalue weighted by Gasteiger charge is 2.61. The molecule has 4 bridgehead atoms. The molecule has 2 saturated heterocycles.